The van der Waals surface area contributed by atoms with Crippen molar-refractivity contribution in [2.75, 3.05) is 33.4 Å². The van der Waals surface area contributed by atoms with Crippen LogP contribution in [0.15, 0.2) is 0 Å². The second-order valence-corrected chi connectivity index (χ2v) is 3.59. The fourth-order valence-corrected chi connectivity index (χ4v) is 1.32. The normalized spacial score (nSPS) is 11.8. The molecular formula is C5H14N2O4S. The van der Waals surface area contributed by atoms with Crippen LogP contribution in [-0.2, 0) is 14.9 Å². The molecule has 0 unspecified atom stereocenters. The Kier molecular flexibility index (Phi) is 6.21. The molecule has 0 saturated heterocycles. The molecule has 6 nitrogen and oxygen atoms in total. The number of aliphatic hydroxyl groups excluding tert-OH is 1. The zero-order valence-electron chi connectivity index (χ0n) is 6.91. The van der Waals surface area contributed by atoms with Crippen molar-refractivity contribution in [3.05, 3.63) is 0 Å². The first kappa shape index (κ1) is 11.8. The van der Waals surface area contributed by atoms with E-state index in [0.717, 1.165) is 0 Å². The second-order valence-electron chi connectivity index (χ2n) is 2.01. The van der Waals surface area contributed by atoms with E-state index in [-0.39, 0.29) is 19.7 Å². The summed E-state index contributed by atoms with van der Waals surface area (Å²) >= 11 is 0. The molecule has 7 heteroatoms. The van der Waals surface area contributed by atoms with Crippen LogP contribution in [0.4, 0.5) is 0 Å². The van der Waals surface area contributed by atoms with E-state index in [1.54, 1.807) is 0 Å². The van der Waals surface area contributed by atoms with Gasteiger partial charge in [0.05, 0.1) is 13.2 Å². The molecule has 0 aromatic heterocycles. The van der Waals surface area contributed by atoms with Gasteiger partial charge in [-0.15, -0.1) is 0 Å². The summed E-state index contributed by atoms with van der Waals surface area (Å²) in [5.74, 6) is 0. The lowest BCUT2D eigenvalue weighted by atomic mass is 10.7. The molecule has 0 saturated carbocycles. The van der Waals surface area contributed by atoms with E-state index < -0.39 is 10.2 Å². The number of hydrogen-bond donors (Lipinski definition) is 3. The van der Waals surface area contributed by atoms with Gasteiger partial charge in [-0.3, -0.25) is 0 Å². The van der Waals surface area contributed by atoms with Crippen LogP contribution in [0.25, 0.3) is 0 Å². The van der Waals surface area contributed by atoms with Crippen molar-refractivity contribution in [3.63, 3.8) is 0 Å². The highest BCUT2D eigenvalue weighted by atomic mass is 32.2. The minimum absolute atomic E-state index is 0.0162. The van der Waals surface area contributed by atoms with Crippen molar-refractivity contribution in [2.24, 2.45) is 0 Å². The summed E-state index contributed by atoms with van der Waals surface area (Å²) < 4.78 is 30.7. The maximum Gasteiger partial charge on any atom is 0.277 e. The summed E-state index contributed by atoms with van der Waals surface area (Å²) in [6, 6.07) is 0. The van der Waals surface area contributed by atoms with E-state index in [9.17, 15) is 8.42 Å². The molecule has 0 atom stereocenters. The Morgan fingerprint density at radius 3 is 2.42 bits per heavy atom. The number of hydrogen-bond acceptors (Lipinski definition) is 4. The Morgan fingerprint density at radius 1 is 1.33 bits per heavy atom. The predicted octanol–water partition coefficient (Wildman–Crippen LogP) is -1.95. The van der Waals surface area contributed by atoms with E-state index in [0.29, 0.717) is 6.61 Å². The zero-order chi connectivity index (χ0) is 9.45. The highest BCUT2D eigenvalue weighted by Gasteiger charge is 2.05. The molecule has 0 aliphatic carbocycles. The topological polar surface area (TPSA) is 87.7 Å². The molecule has 0 aliphatic rings. The van der Waals surface area contributed by atoms with Crippen LogP contribution in [0, 0.1) is 0 Å². The summed E-state index contributed by atoms with van der Waals surface area (Å²) in [4.78, 5) is 0. The van der Waals surface area contributed by atoms with Gasteiger partial charge in [0.2, 0.25) is 0 Å². The van der Waals surface area contributed by atoms with Gasteiger partial charge in [0.15, 0.2) is 0 Å². The number of rotatable bonds is 7. The second kappa shape index (κ2) is 6.32. The first-order chi connectivity index (χ1) is 5.62. The van der Waals surface area contributed by atoms with Crippen molar-refractivity contribution in [1.82, 2.24) is 9.44 Å². The fourth-order valence-electron chi connectivity index (χ4n) is 0.509. The summed E-state index contributed by atoms with van der Waals surface area (Å²) in [7, 11) is -1.97. The molecule has 0 amide bonds. The van der Waals surface area contributed by atoms with Gasteiger partial charge in [-0.05, 0) is 0 Å². The lowest BCUT2D eigenvalue weighted by Crippen LogP contribution is -2.39. The smallest absolute Gasteiger partial charge is 0.277 e. The van der Waals surface area contributed by atoms with Crippen molar-refractivity contribution in [2.45, 2.75) is 0 Å². The van der Waals surface area contributed by atoms with Crippen molar-refractivity contribution >= 4 is 10.2 Å². The highest BCUT2D eigenvalue weighted by molar-refractivity contribution is 7.87. The summed E-state index contributed by atoms with van der Waals surface area (Å²) in [5.41, 5.74) is 0. The maximum atomic E-state index is 10.9. The van der Waals surface area contributed by atoms with Crippen LogP contribution in [0.2, 0.25) is 0 Å². The van der Waals surface area contributed by atoms with Gasteiger partial charge in [-0.2, -0.15) is 13.1 Å². The van der Waals surface area contributed by atoms with E-state index in [1.807, 2.05) is 0 Å². The number of aliphatic hydroxyl groups is 1. The third-order valence-electron chi connectivity index (χ3n) is 1.00. The Labute approximate surface area is 72.1 Å². The Morgan fingerprint density at radius 2 is 1.92 bits per heavy atom. The quantitative estimate of drug-likeness (QED) is 0.415. The first-order valence-corrected chi connectivity index (χ1v) is 4.95. The van der Waals surface area contributed by atoms with Gasteiger partial charge in [-0.25, -0.2) is 4.72 Å². The minimum atomic E-state index is -3.46. The van der Waals surface area contributed by atoms with Crippen molar-refractivity contribution in [1.29, 1.82) is 0 Å². The Balaban J connectivity index is 3.58. The van der Waals surface area contributed by atoms with Crippen LogP contribution in [0.1, 0.15) is 0 Å². The molecular weight excluding hydrogens is 184 g/mol. The van der Waals surface area contributed by atoms with E-state index >= 15 is 0 Å². The predicted molar refractivity (Wildman–Crippen MR) is 43.9 cm³/mol. The van der Waals surface area contributed by atoms with Gasteiger partial charge in [0, 0.05) is 20.2 Å². The summed E-state index contributed by atoms with van der Waals surface area (Å²) in [6.07, 6.45) is 0. The summed E-state index contributed by atoms with van der Waals surface area (Å²) in [5, 5.41) is 8.32. The molecule has 0 rings (SSSR count). The SMILES string of the molecule is COCCNS(=O)(=O)NCCO. The van der Waals surface area contributed by atoms with Crippen LogP contribution in [0.3, 0.4) is 0 Å². The van der Waals surface area contributed by atoms with Gasteiger partial charge in [-0.1, -0.05) is 0 Å². The maximum absolute atomic E-state index is 10.9. The average molecular weight is 198 g/mol. The molecule has 0 aliphatic heterocycles. The van der Waals surface area contributed by atoms with Crippen LogP contribution in [0.5, 0.6) is 0 Å². The minimum Gasteiger partial charge on any atom is -0.395 e. The molecule has 0 aromatic carbocycles. The van der Waals surface area contributed by atoms with Crippen LogP contribution in [-0.4, -0.2) is 46.9 Å². The van der Waals surface area contributed by atoms with Crippen molar-refractivity contribution in [3.8, 4) is 0 Å². The van der Waals surface area contributed by atoms with Gasteiger partial charge < -0.3 is 9.84 Å². The van der Waals surface area contributed by atoms with Gasteiger partial charge >= 0.3 is 0 Å². The third kappa shape index (κ3) is 6.50. The Bertz CT molecular complexity index is 192. The molecule has 12 heavy (non-hydrogen) atoms. The zero-order valence-corrected chi connectivity index (χ0v) is 7.73. The largest absolute Gasteiger partial charge is 0.395 e. The van der Waals surface area contributed by atoms with Crippen LogP contribution >= 0.6 is 0 Å². The average Bonchev–Trinajstić information content (AvgIpc) is 2.01. The molecule has 0 bridgehead atoms. The number of nitrogens with one attached hydrogen (secondary N) is 2. The molecule has 0 aromatic rings. The van der Waals surface area contributed by atoms with Gasteiger partial charge in [0.1, 0.15) is 0 Å². The van der Waals surface area contributed by atoms with Crippen molar-refractivity contribution < 1.29 is 18.3 Å². The first-order valence-electron chi connectivity index (χ1n) is 3.46. The number of methoxy groups -OCH3 is 1. The standard InChI is InChI=1S/C5H14N2O4S/c1-11-5-3-7-12(9,10)6-2-4-8/h6-8H,2-5H2,1H3. The fraction of sp³-hybridized carbons (Fsp3) is 1.00. The van der Waals surface area contributed by atoms with Gasteiger partial charge in [0.25, 0.3) is 10.2 Å². The molecule has 0 spiro atoms. The van der Waals surface area contributed by atoms with E-state index in [1.165, 1.54) is 7.11 Å². The molecule has 0 fully saturated rings. The monoisotopic (exact) mass is 198 g/mol. The van der Waals surface area contributed by atoms with E-state index in [4.69, 9.17) is 5.11 Å². The highest BCUT2D eigenvalue weighted by Crippen LogP contribution is 1.75. The molecule has 74 valence electrons. The van der Waals surface area contributed by atoms with Crippen LogP contribution < -0.4 is 9.44 Å². The lowest BCUT2D eigenvalue weighted by Gasteiger charge is -2.05. The Hall–Kier alpha value is -0.210. The summed E-state index contributed by atoms with van der Waals surface area (Å²) in [6.45, 7) is 0.338. The lowest BCUT2D eigenvalue weighted by molar-refractivity contribution is 0.204. The number of ether oxygens (including phenoxy) is 1. The van der Waals surface area contributed by atoms with E-state index in [2.05, 4.69) is 14.2 Å². The third-order valence-corrected chi connectivity index (χ3v) is 2.17. The molecule has 0 heterocycles. The molecule has 3 N–H and O–H groups in total. The molecule has 0 radical (unpaired) electrons.